The molecule has 0 aromatic rings. The van der Waals surface area contributed by atoms with Gasteiger partial charge in [-0.1, -0.05) is 13.8 Å². The van der Waals surface area contributed by atoms with Crippen molar-refractivity contribution in [3.8, 4) is 0 Å². The van der Waals surface area contributed by atoms with Crippen molar-refractivity contribution in [1.82, 2.24) is 5.32 Å². The molecule has 2 nitrogen and oxygen atoms in total. The number of hydrogen-bond acceptors (Lipinski definition) is 2. The van der Waals surface area contributed by atoms with Crippen molar-refractivity contribution in [3.05, 3.63) is 0 Å². The van der Waals surface area contributed by atoms with Crippen molar-refractivity contribution < 1.29 is 5.11 Å². The fourth-order valence-corrected chi connectivity index (χ4v) is 2.06. The molecule has 1 fully saturated rings. The molecule has 14 heavy (non-hydrogen) atoms. The Bertz CT molecular complexity index is 163. The lowest BCUT2D eigenvalue weighted by Gasteiger charge is -2.43. The number of aliphatic hydroxyl groups excluding tert-OH is 1. The lowest BCUT2D eigenvalue weighted by atomic mass is 9.76. The van der Waals surface area contributed by atoms with Crippen molar-refractivity contribution >= 4 is 0 Å². The minimum absolute atomic E-state index is 0.110. The molecule has 1 aliphatic rings. The molecule has 0 aliphatic heterocycles. The van der Waals surface area contributed by atoms with Crippen LogP contribution in [0.3, 0.4) is 0 Å². The molecule has 0 unspecified atom stereocenters. The van der Waals surface area contributed by atoms with Gasteiger partial charge in [-0.15, -0.1) is 0 Å². The molecule has 0 saturated heterocycles. The molecule has 0 spiro atoms. The van der Waals surface area contributed by atoms with Crippen molar-refractivity contribution in [3.63, 3.8) is 0 Å². The standard InChI is InChI=1S/C12H25NO/c1-4-12(5-2,10-14)9-13-11(3)7-6-8-11/h13-14H,4-10H2,1-3H3. The Hall–Kier alpha value is -0.0800. The van der Waals surface area contributed by atoms with Crippen LogP contribution >= 0.6 is 0 Å². The van der Waals surface area contributed by atoms with Crippen LogP contribution in [-0.4, -0.2) is 23.8 Å². The Balaban J connectivity index is 2.39. The van der Waals surface area contributed by atoms with E-state index in [2.05, 4.69) is 26.1 Å². The van der Waals surface area contributed by atoms with Gasteiger partial charge in [-0.05, 0) is 39.0 Å². The van der Waals surface area contributed by atoms with Crippen molar-refractivity contribution in [2.24, 2.45) is 5.41 Å². The van der Waals surface area contributed by atoms with Crippen LogP contribution in [0.1, 0.15) is 52.9 Å². The third-order valence-corrected chi connectivity index (χ3v) is 4.18. The van der Waals surface area contributed by atoms with Crippen LogP contribution in [0.4, 0.5) is 0 Å². The Morgan fingerprint density at radius 1 is 1.29 bits per heavy atom. The summed E-state index contributed by atoms with van der Waals surface area (Å²) in [6.45, 7) is 7.91. The maximum absolute atomic E-state index is 9.42. The van der Waals surface area contributed by atoms with E-state index in [0.717, 1.165) is 19.4 Å². The van der Waals surface area contributed by atoms with Crippen LogP contribution in [0.15, 0.2) is 0 Å². The minimum atomic E-state index is 0.110. The van der Waals surface area contributed by atoms with E-state index in [9.17, 15) is 5.11 Å². The molecule has 1 saturated carbocycles. The molecular weight excluding hydrogens is 174 g/mol. The van der Waals surface area contributed by atoms with Crippen molar-refractivity contribution in [1.29, 1.82) is 0 Å². The highest BCUT2D eigenvalue weighted by atomic mass is 16.3. The van der Waals surface area contributed by atoms with Crippen LogP contribution in [0.5, 0.6) is 0 Å². The normalized spacial score (nSPS) is 20.6. The third-order valence-electron chi connectivity index (χ3n) is 4.18. The first-order chi connectivity index (χ1) is 6.60. The molecule has 0 radical (unpaired) electrons. The molecule has 0 aromatic heterocycles. The molecule has 1 aliphatic carbocycles. The molecule has 2 heteroatoms. The van der Waals surface area contributed by atoms with E-state index < -0.39 is 0 Å². The topological polar surface area (TPSA) is 32.3 Å². The molecule has 0 atom stereocenters. The Morgan fingerprint density at radius 3 is 2.14 bits per heavy atom. The predicted octanol–water partition coefficient (Wildman–Crippen LogP) is 2.32. The first-order valence-corrected chi connectivity index (χ1v) is 5.96. The molecule has 2 N–H and O–H groups in total. The second-order valence-corrected chi connectivity index (χ2v) is 5.13. The summed E-state index contributed by atoms with van der Waals surface area (Å²) in [7, 11) is 0. The van der Waals surface area contributed by atoms with E-state index in [1.54, 1.807) is 0 Å². The summed E-state index contributed by atoms with van der Waals surface area (Å²) in [5, 5.41) is 13.1. The fourth-order valence-electron chi connectivity index (χ4n) is 2.06. The van der Waals surface area contributed by atoms with Gasteiger partial charge in [0.25, 0.3) is 0 Å². The molecule has 1 rings (SSSR count). The van der Waals surface area contributed by atoms with Gasteiger partial charge < -0.3 is 10.4 Å². The summed E-state index contributed by atoms with van der Waals surface area (Å²) in [6, 6.07) is 0. The highest BCUT2D eigenvalue weighted by Gasteiger charge is 2.34. The first kappa shape index (κ1) is 12.0. The monoisotopic (exact) mass is 199 g/mol. The maximum Gasteiger partial charge on any atom is 0.0499 e. The molecule has 0 heterocycles. The van der Waals surface area contributed by atoms with Gasteiger partial charge in [-0.3, -0.25) is 0 Å². The average molecular weight is 199 g/mol. The fraction of sp³-hybridized carbons (Fsp3) is 1.00. The SMILES string of the molecule is CCC(CC)(CO)CNC1(C)CCC1. The van der Waals surface area contributed by atoms with Gasteiger partial charge in [-0.25, -0.2) is 0 Å². The molecule has 0 aromatic carbocycles. The summed E-state index contributed by atoms with van der Waals surface area (Å²) < 4.78 is 0. The quantitative estimate of drug-likeness (QED) is 0.688. The smallest absolute Gasteiger partial charge is 0.0499 e. The lowest BCUT2D eigenvalue weighted by molar-refractivity contribution is 0.0884. The summed E-state index contributed by atoms with van der Waals surface area (Å²) in [6.07, 6.45) is 6.06. The largest absolute Gasteiger partial charge is 0.396 e. The van der Waals surface area contributed by atoms with Gasteiger partial charge in [-0.2, -0.15) is 0 Å². The summed E-state index contributed by atoms with van der Waals surface area (Å²) in [5.41, 5.74) is 0.476. The summed E-state index contributed by atoms with van der Waals surface area (Å²) >= 11 is 0. The van der Waals surface area contributed by atoms with Gasteiger partial charge in [0.05, 0.1) is 0 Å². The van der Waals surface area contributed by atoms with Gasteiger partial charge in [0.2, 0.25) is 0 Å². The van der Waals surface area contributed by atoms with E-state index in [1.165, 1.54) is 19.3 Å². The van der Waals surface area contributed by atoms with Gasteiger partial charge in [0.15, 0.2) is 0 Å². The third kappa shape index (κ3) is 2.48. The Labute approximate surface area is 88.1 Å². The highest BCUT2D eigenvalue weighted by Crippen LogP contribution is 2.33. The van der Waals surface area contributed by atoms with Gasteiger partial charge in [0.1, 0.15) is 0 Å². The second kappa shape index (κ2) is 4.63. The molecular formula is C12H25NO. The van der Waals surface area contributed by atoms with Crippen LogP contribution in [0, 0.1) is 5.41 Å². The molecule has 84 valence electrons. The van der Waals surface area contributed by atoms with E-state index in [4.69, 9.17) is 0 Å². The Kier molecular flexibility index (Phi) is 3.96. The molecule has 0 bridgehead atoms. The van der Waals surface area contributed by atoms with Crippen LogP contribution < -0.4 is 5.32 Å². The number of nitrogens with one attached hydrogen (secondary N) is 1. The predicted molar refractivity (Wildman–Crippen MR) is 60.4 cm³/mol. The first-order valence-electron chi connectivity index (χ1n) is 5.96. The van der Waals surface area contributed by atoms with E-state index in [0.29, 0.717) is 12.1 Å². The van der Waals surface area contributed by atoms with Crippen LogP contribution in [-0.2, 0) is 0 Å². The second-order valence-electron chi connectivity index (χ2n) is 5.13. The summed E-state index contributed by atoms with van der Waals surface area (Å²) in [4.78, 5) is 0. The Morgan fingerprint density at radius 2 is 1.86 bits per heavy atom. The minimum Gasteiger partial charge on any atom is -0.396 e. The zero-order valence-corrected chi connectivity index (χ0v) is 9.90. The van der Waals surface area contributed by atoms with Crippen molar-refractivity contribution in [2.45, 2.75) is 58.4 Å². The number of hydrogen-bond donors (Lipinski definition) is 2. The van der Waals surface area contributed by atoms with Gasteiger partial charge in [0, 0.05) is 24.1 Å². The van der Waals surface area contributed by atoms with Gasteiger partial charge >= 0.3 is 0 Å². The van der Waals surface area contributed by atoms with E-state index in [1.807, 2.05) is 0 Å². The zero-order chi connectivity index (χ0) is 10.7. The zero-order valence-electron chi connectivity index (χ0n) is 9.90. The molecule has 0 amide bonds. The lowest BCUT2D eigenvalue weighted by Crippen LogP contribution is -2.52. The van der Waals surface area contributed by atoms with Crippen LogP contribution in [0.25, 0.3) is 0 Å². The average Bonchev–Trinajstić information content (AvgIpc) is 2.18. The number of rotatable bonds is 6. The van der Waals surface area contributed by atoms with Crippen LogP contribution in [0.2, 0.25) is 0 Å². The number of aliphatic hydroxyl groups is 1. The summed E-state index contributed by atoms with van der Waals surface area (Å²) in [5.74, 6) is 0. The van der Waals surface area contributed by atoms with E-state index >= 15 is 0 Å². The highest BCUT2D eigenvalue weighted by molar-refractivity contribution is 4.93. The van der Waals surface area contributed by atoms with Crippen molar-refractivity contribution in [2.75, 3.05) is 13.2 Å². The van der Waals surface area contributed by atoms with E-state index in [-0.39, 0.29) is 5.41 Å². The maximum atomic E-state index is 9.42.